The van der Waals surface area contributed by atoms with Gasteiger partial charge in [-0.1, -0.05) is 66.7 Å². The van der Waals surface area contributed by atoms with E-state index in [4.69, 9.17) is 4.74 Å². The van der Waals surface area contributed by atoms with Crippen LogP contribution in [0, 0.1) is 35.5 Å². The summed E-state index contributed by atoms with van der Waals surface area (Å²) in [5, 5.41) is 32.8. The largest absolute Gasteiger partial charge is 0.462 e. The number of carbonyl (C=O) groups excluding carboxylic acids is 3. The van der Waals surface area contributed by atoms with Crippen molar-refractivity contribution < 1.29 is 34.4 Å². The summed E-state index contributed by atoms with van der Waals surface area (Å²) in [5.74, 6) is -3.40. The Balaban J connectivity index is 2.90. The summed E-state index contributed by atoms with van der Waals surface area (Å²) in [5.41, 5.74) is 0. The number of ketones is 2. The van der Waals surface area contributed by atoms with E-state index < -0.39 is 54.1 Å². The van der Waals surface area contributed by atoms with E-state index in [1.807, 2.05) is 20.8 Å². The van der Waals surface area contributed by atoms with Gasteiger partial charge in [0.05, 0.1) is 24.2 Å². The molecule has 1 fully saturated rings. The third kappa shape index (κ3) is 10.8. The summed E-state index contributed by atoms with van der Waals surface area (Å²) >= 11 is 0. The van der Waals surface area contributed by atoms with Crippen LogP contribution in [0.4, 0.5) is 0 Å². The fraction of sp³-hybridized carbons (Fsp3) is 0.900. The monoisotopic (exact) mass is 526 g/mol. The number of aliphatic hydroxyl groups excluding tert-OH is 3. The molecule has 2 unspecified atom stereocenters. The van der Waals surface area contributed by atoms with Crippen molar-refractivity contribution in [3.05, 3.63) is 0 Å². The van der Waals surface area contributed by atoms with Crippen molar-refractivity contribution in [2.45, 2.75) is 137 Å². The minimum absolute atomic E-state index is 0.0631. The van der Waals surface area contributed by atoms with Crippen LogP contribution in [0.25, 0.3) is 0 Å². The molecule has 0 radical (unpaired) electrons. The fourth-order valence-electron chi connectivity index (χ4n) is 5.71. The van der Waals surface area contributed by atoms with Crippen LogP contribution in [0.1, 0.15) is 113 Å². The van der Waals surface area contributed by atoms with Crippen LogP contribution in [0.3, 0.4) is 0 Å². The molecule has 1 aliphatic heterocycles. The van der Waals surface area contributed by atoms with Gasteiger partial charge in [-0.3, -0.25) is 9.59 Å². The zero-order chi connectivity index (χ0) is 28.3. The molecule has 216 valence electrons. The summed E-state index contributed by atoms with van der Waals surface area (Å²) in [6, 6.07) is 0. The van der Waals surface area contributed by atoms with Gasteiger partial charge in [-0.2, -0.15) is 0 Å². The average molecular weight is 527 g/mol. The lowest BCUT2D eigenvalue weighted by atomic mass is 9.77. The third-order valence-corrected chi connectivity index (χ3v) is 8.63. The van der Waals surface area contributed by atoms with Gasteiger partial charge in [0.25, 0.3) is 0 Å². The number of rotatable bonds is 10. The maximum atomic E-state index is 13.1. The lowest BCUT2D eigenvalue weighted by molar-refractivity contribution is -0.166. The van der Waals surface area contributed by atoms with Gasteiger partial charge >= 0.3 is 5.97 Å². The van der Waals surface area contributed by atoms with E-state index in [9.17, 15) is 29.7 Å². The van der Waals surface area contributed by atoms with Crippen molar-refractivity contribution in [1.29, 1.82) is 0 Å². The quantitative estimate of drug-likeness (QED) is 0.274. The van der Waals surface area contributed by atoms with Crippen LogP contribution in [0.5, 0.6) is 0 Å². The van der Waals surface area contributed by atoms with E-state index in [-0.39, 0.29) is 23.4 Å². The summed E-state index contributed by atoms with van der Waals surface area (Å²) in [6.45, 7) is 12.2. The van der Waals surface area contributed by atoms with Crippen molar-refractivity contribution in [1.82, 2.24) is 0 Å². The first kappa shape index (κ1) is 33.7. The first-order valence-electron chi connectivity index (χ1n) is 14.6. The Morgan fingerprint density at radius 3 is 1.84 bits per heavy atom. The highest BCUT2D eigenvalue weighted by Gasteiger charge is 2.40. The number of esters is 1. The van der Waals surface area contributed by atoms with Gasteiger partial charge in [-0.25, -0.2) is 0 Å². The van der Waals surface area contributed by atoms with Gasteiger partial charge in [-0.05, 0) is 45.4 Å². The minimum Gasteiger partial charge on any atom is -0.462 e. The SMILES string of the molecule is CC(=O)CCCCCCCCCC1OC(=O)[C@H](C)[C@@H](O)[C@H](C)[C@@H](O)C(C)C[C@@H](C)C(=O)[C@H](C)[C@@H](O)[C@H]1C. The van der Waals surface area contributed by atoms with Crippen molar-refractivity contribution in [3.63, 3.8) is 0 Å². The Morgan fingerprint density at radius 2 is 1.27 bits per heavy atom. The van der Waals surface area contributed by atoms with Gasteiger partial charge < -0.3 is 24.9 Å². The fourth-order valence-corrected chi connectivity index (χ4v) is 5.71. The Bertz CT molecular complexity index is 708. The van der Waals surface area contributed by atoms with Crippen LogP contribution >= 0.6 is 0 Å². The smallest absolute Gasteiger partial charge is 0.311 e. The number of aliphatic hydroxyl groups is 3. The molecule has 1 rings (SSSR count). The van der Waals surface area contributed by atoms with E-state index >= 15 is 0 Å². The van der Waals surface area contributed by atoms with Gasteiger partial charge in [-0.15, -0.1) is 0 Å². The molecule has 10 atom stereocenters. The number of unbranched alkanes of at least 4 members (excludes halogenated alkanes) is 6. The lowest BCUT2D eigenvalue weighted by Gasteiger charge is -2.36. The highest BCUT2D eigenvalue weighted by Crippen LogP contribution is 2.31. The molecule has 37 heavy (non-hydrogen) atoms. The summed E-state index contributed by atoms with van der Waals surface area (Å²) in [4.78, 5) is 37.2. The molecule has 1 aliphatic rings. The number of ether oxygens (including phenoxy) is 1. The number of hydrogen-bond acceptors (Lipinski definition) is 7. The predicted molar refractivity (Wildman–Crippen MR) is 145 cm³/mol. The van der Waals surface area contributed by atoms with Crippen LogP contribution in [0.2, 0.25) is 0 Å². The first-order chi connectivity index (χ1) is 17.3. The molecule has 0 aromatic carbocycles. The van der Waals surface area contributed by atoms with Crippen molar-refractivity contribution >= 4 is 17.5 Å². The highest BCUT2D eigenvalue weighted by atomic mass is 16.5. The second-order valence-electron chi connectivity index (χ2n) is 12.0. The molecule has 0 saturated carbocycles. The Hall–Kier alpha value is -1.31. The Morgan fingerprint density at radius 1 is 0.757 bits per heavy atom. The molecule has 0 spiro atoms. The van der Waals surface area contributed by atoms with Gasteiger partial charge in [0.2, 0.25) is 0 Å². The molecule has 0 aromatic heterocycles. The highest BCUT2D eigenvalue weighted by molar-refractivity contribution is 5.83. The molecule has 0 amide bonds. The van der Waals surface area contributed by atoms with Crippen molar-refractivity contribution in [3.8, 4) is 0 Å². The molecule has 7 heteroatoms. The molecule has 3 N–H and O–H groups in total. The maximum absolute atomic E-state index is 13.1. The standard InChI is InChI=1S/C30H54O7/c1-18-17-19(2)27(33)23(6)29(35)24(7)30(36)37-25(21(4)28(34)22(5)26(18)32)16-14-12-10-8-9-11-13-15-20(3)31/h18-19,21-25,27-29,33-35H,8-17H2,1-7H3/t18-,19?,21+,22+,23-,24-,25?,27+,28+,29+/m1/s1. The van der Waals surface area contributed by atoms with E-state index in [1.165, 1.54) is 0 Å². The average Bonchev–Trinajstić information content (AvgIpc) is 2.86. The Labute approximate surface area is 224 Å². The second kappa shape index (κ2) is 16.6. The van der Waals surface area contributed by atoms with E-state index in [0.717, 1.165) is 44.9 Å². The van der Waals surface area contributed by atoms with Gasteiger partial charge in [0, 0.05) is 30.1 Å². The summed E-state index contributed by atoms with van der Waals surface area (Å²) < 4.78 is 5.88. The summed E-state index contributed by atoms with van der Waals surface area (Å²) in [7, 11) is 0. The van der Waals surface area contributed by atoms with E-state index in [2.05, 4.69) is 0 Å². The van der Waals surface area contributed by atoms with Crippen LogP contribution in [0.15, 0.2) is 0 Å². The molecule has 1 heterocycles. The van der Waals surface area contributed by atoms with E-state index in [1.54, 1.807) is 27.7 Å². The topological polar surface area (TPSA) is 121 Å². The minimum atomic E-state index is -1.08. The van der Waals surface area contributed by atoms with Crippen LogP contribution in [-0.2, 0) is 19.1 Å². The zero-order valence-corrected chi connectivity index (χ0v) is 24.3. The lowest BCUT2D eigenvalue weighted by Crippen LogP contribution is -2.45. The zero-order valence-electron chi connectivity index (χ0n) is 24.3. The van der Waals surface area contributed by atoms with Gasteiger partial charge in [0.15, 0.2) is 0 Å². The molecular weight excluding hydrogens is 472 g/mol. The van der Waals surface area contributed by atoms with Crippen molar-refractivity contribution in [2.75, 3.05) is 0 Å². The van der Waals surface area contributed by atoms with Crippen molar-refractivity contribution in [2.24, 2.45) is 35.5 Å². The maximum Gasteiger partial charge on any atom is 0.311 e. The number of carbonyl (C=O) groups is 3. The number of Topliss-reactive ketones (excluding diaryl/α,β-unsaturated/α-hetero) is 2. The van der Waals surface area contributed by atoms with Crippen LogP contribution < -0.4 is 0 Å². The molecule has 7 nitrogen and oxygen atoms in total. The second-order valence-corrected chi connectivity index (χ2v) is 12.0. The predicted octanol–water partition coefficient (Wildman–Crippen LogP) is 4.87. The molecular formula is C30H54O7. The third-order valence-electron chi connectivity index (χ3n) is 8.63. The molecule has 1 saturated heterocycles. The molecule has 0 aliphatic carbocycles. The molecule has 0 aromatic rings. The number of hydrogen-bond donors (Lipinski definition) is 3. The normalized spacial score (nSPS) is 36.6. The Kier molecular flexibility index (Phi) is 15.1. The van der Waals surface area contributed by atoms with E-state index in [0.29, 0.717) is 19.3 Å². The number of cyclic esters (lactones) is 1. The molecule has 0 bridgehead atoms. The van der Waals surface area contributed by atoms with Gasteiger partial charge in [0.1, 0.15) is 17.7 Å². The first-order valence-corrected chi connectivity index (χ1v) is 14.6. The van der Waals surface area contributed by atoms with Crippen LogP contribution in [-0.4, -0.2) is 57.3 Å². The summed E-state index contributed by atoms with van der Waals surface area (Å²) in [6.07, 6.45) is 5.20.